The number of rotatable bonds is 5. The van der Waals surface area contributed by atoms with E-state index in [1.54, 1.807) is 12.5 Å². The molecule has 2 heterocycles. The summed E-state index contributed by atoms with van der Waals surface area (Å²) in [7, 11) is 0. The van der Waals surface area contributed by atoms with E-state index in [9.17, 15) is 0 Å². The Morgan fingerprint density at radius 3 is 2.65 bits per heavy atom. The van der Waals surface area contributed by atoms with Crippen molar-refractivity contribution in [3.63, 3.8) is 0 Å². The van der Waals surface area contributed by atoms with Crippen LogP contribution in [0.5, 0.6) is 0 Å². The second-order valence-corrected chi connectivity index (χ2v) is 4.54. The second-order valence-electron chi connectivity index (χ2n) is 4.54. The van der Waals surface area contributed by atoms with Crippen LogP contribution in [0.3, 0.4) is 0 Å². The van der Waals surface area contributed by atoms with E-state index in [2.05, 4.69) is 39.6 Å². The molecule has 0 aliphatic carbocycles. The summed E-state index contributed by atoms with van der Waals surface area (Å²) in [4.78, 5) is 8.42. The van der Waals surface area contributed by atoms with Crippen molar-refractivity contribution in [2.24, 2.45) is 0 Å². The normalized spacial score (nSPS) is 10.4. The first-order valence-corrected chi connectivity index (χ1v) is 6.64. The summed E-state index contributed by atoms with van der Waals surface area (Å²) in [5, 5.41) is 3.38. The third-order valence-electron chi connectivity index (χ3n) is 3.10. The molecule has 20 heavy (non-hydrogen) atoms. The zero-order valence-corrected chi connectivity index (χ0v) is 11.1. The van der Waals surface area contributed by atoms with E-state index in [1.165, 1.54) is 5.56 Å². The van der Waals surface area contributed by atoms with Gasteiger partial charge in [0.1, 0.15) is 12.1 Å². The van der Waals surface area contributed by atoms with Crippen molar-refractivity contribution < 1.29 is 0 Å². The lowest BCUT2D eigenvalue weighted by Gasteiger charge is -2.07. The lowest BCUT2D eigenvalue weighted by Crippen LogP contribution is -2.05. The van der Waals surface area contributed by atoms with Gasteiger partial charge in [-0.3, -0.25) is 4.57 Å². The fourth-order valence-electron chi connectivity index (χ4n) is 2.03. The van der Waals surface area contributed by atoms with Crippen molar-refractivity contribution in [2.75, 3.05) is 11.9 Å². The molecule has 1 aromatic carbocycles. The molecule has 2 aromatic heterocycles. The van der Waals surface area contributed by atoms with Gasteiger partial charge in [0.2, 0.25) is 0 Å². The molecular formula is C16H16N4. The first-order valence-electron chi connectivity index (χ1n) is 6.64. The molecule has 1 N–H and O–H groups in total. The first-order chi connectivity index (χ1) is 9.92. The number of hydrogen-bond acceptors (Lipinski definition) is 3. The number of nitrogens with one attached hydrogen (secondary N) is 1. The maximum absolute atomic E-state index is 4.41. The smallest absolute Gasteiger partial charge is 0.137 e. The van der Waals surface area contributed by atoms with Crippen LogP contribution in [-0.2, 0) is 6.42 Å². The summed E-state index contributed by atoms with van der Waals surface area (Å²) in [6.07, 6.45) is 8.22. The van der Waals surface area contributed by atoms with E-state index < -0.39 is 0 Å². The van der Waals surface area contributed by atoms with Crippen molar-refractivity contribution in [3.8, 4) is 5.82 Å². The summed E-state index contributed by atoms with van der Waals surface area (Å²) < 4.78 is 1.88. The molecule has 0 aliphatic heterocycles. The molecule has 0 atom stereocenters. The van der Waals surface area contributed by atoms with Gasteiger partial charge in [0.15, 0.2) is 0 Å². The third kappa shape index (κ3) is 3.03. The molecule has 3 aromatic rings. The number of benzene rings is 1. The standard InChI is InChI=1S/C16H16N4/c1-2-4-14(5-3-1)8-9-18-15-6-7-16(19-12-15)20-11-10-17-13-20/h1-7,10-13,18H,8-9H2. The highest BCUT2D eigenvalue weighted by molar-refractivity contribution is 5.43. The maximum atomic E-state index is 4.41. The first kappa shape index (κ1) is 12.4. The van der Waals surface area contributed by atoms with E-state index in [4.69, 9.17) is 0 Å². The molecule has 0 spiro atoms. The lowest BCUT2D eigenvalue weighted by molar-refractivity contribution is 0.983. The highest BCUT2D eigenvalue weighted by Gasteiger charge is 1.98. The van der Waals surface area contributed by atoms with Gasteiger partial charge in [-0.05, 0) is 24.1 Å². The molecule has 0 bridgehead atoms. The van der Waals surface area contributed by atoms with Crippen LogP contribution in [0.25, 0.3) is 5.82 Å². The van der Waals surface area contributed by atoms with Gasteiger partial charge in [0.05, 0.1) is 11.9 Å². The fraction of sp³-hybridized carbons (Fsp3) is 0.125. The quantitative estimate of drug-likeness (QED) is 0.770. The third-order valence-corrected chi connectivity index (χ3v) is 3.10. The van der Waals surface area contributed by atoms with Crippen LogP contribution in [0.1, 0.15) is 5.56 Å². The minimum absolute atomic E-state index is 0.871. The van der Waals surface area contributed by atoms with Gasteiger partial charge in [-0.25, -0.2) is 9.97 Å². The van der Waals surface area contributed by atoms with Gasteiger partial charge in [0.25, 0.3) is 0 Å². The summed E-state index contributed by atoms with van der Waals surface area (Å²) in [6, 6.07) is 14.5. The van der Waals surface area contributed by atoms with Gasteiger partial charge in [-0.2, -0.15) is 0 Å². The van der Waals surface area contributed by atoms with Gasteiger partial charge in [-0.1, -0.05) is 30.3 Å². The van der Waals surface area contributed by atoms with E-state index >= 15 is 0 Å². The average Bonchev–Trinajstić information content (AvgIpc) is 3.03. The molecule has 0 aliphatic rings. The zero-order valence-electron chi connectivity index (χ0n) is 11.1. The van der Waals surface area contributed by atoms with Gasteiger partial charge < -0.3 is 5.32 Å². The second kappa shape index (κ2) is 6.02. The fourth-order valence-corrected chi connectivity index (χ4v) is 2.03. The van der Waals surface area contributed by atoms with E-state index in [-0.39, 0.29) is 0 Å². The van der Waals surface area contributed by atoms with Crippen molar-refractivity contribution in [3.05, 3.63) is 72.9 Å². The monoisotopic (exact) mass is 264 g/mol. The minimum atomic E-state index is 0.871. The molecular weight excluding hydrogens is 248 g/mol. The maximum Gasteiger partial charge on any atom is 0.137 e. The molecule has 3 rings (SSSR count). The topological polar surface area (TPSA) is 42.7 Å². The van der Waals surface area contributed by atoms with Crippen LogP contribution in [0.2, 0.25) is 0 Å². The highest BCUT2D eigenvalue weighted by atomic mass is 15.1. The predicted octanol–water partition coefficient (Wildman–Crippen LogP) is 2.92. The average molecular weight is 264 g/mol. The molecule has 4 nitrogen and oxygen atoms in total. The Labute approximate surface area is 118 Å². The molecule has 0 saturated heterocycles. The zero-order chi connectivity index (χ0) is 13.6. The Bertz CT molecular complexity index is 630. The predicted molar refractivity (Wildman–Crippen MR) is 80.0 cm³/mol. The van der Waals surface area contributed by atoms with Gasteiger partial charge in [-0.15, -0.1) is 0 Å². The lowest BCUT2D eigenvalue weighted by atomic mass is 10.1. The van der Waals surface area contributed by atoms with Crippen LogP contribution in [0.4, 0.5) is 5.69 Å². The number of imidazole rings is 1. The van der Waals surface area contributed by atoms with Crippen LogP contribution in [0.15, 0.2) is 67.4 Å². The number of aromatic nitrogens is 3. The molecule has 0 unspecified atom stereocenters. The van der Waals surface area contributed by atoms with Crippen molar-refractivity contribution in [1.29, 1.82) is 0 Å². The van der Waals surface area contributed by atoms with E-state index in [0.29, 0.717) is 0 Å². The van der Waals surface area contributed by atoms with E-state index in [1.807, 2.05) is 35.2 Å². The van der Waals surface area contributed by atoms with Gasteiger partial charge in [0, 0.05) is 18.9 Å². The van der Waals surface area contributed by atoms with Crippen LogP contribution in [-0.4, -0.2) is 21.1 Å². The largest absolute Gasteiger partial charge is 0.383 e. The molecule has 0 radical (unpaired) electrons. The number of pyridine rings is 1. The highest BCUT2D eigenvalue weighted by Crippen LogP contribution is 2.09. The SMILES string of the molecule is c1ccc(CCNc2ccc(-n3ccnc3)nc2)cc1. The molecule has 0 fully saturated rings. The Balaban J connectivity index is 1.56. The van der Waals surface area contributed by atoms with Gasteiger partial charge >= 0.3 is 0 Å². The Morgan fingerprint density at radius 2 is 1.95 bits per heavy atom. The summed E-state index contributed by atoms with van der Waals surface area (Å²) in [5.41, 5.74) is 2.37. The number of anilines is 1. The van der Waals surface area contributed by atoms with Crippen molar-refractivity contribution in [1.82, 2.24) is 14.5 Å². The summed E-state index contributed by atoms with van der Waals surface area (Å²) in [5.74, 6) is 0.871. The minimum Gasteiger partial charge on any atom is -0.383 e. The molecule has 0 amide bonds. The van der Waals surface area contributed by atoms with E-state index in [0.717, 1.165) is 24.5 Å². The summed E-state index contributed by atoms with van der Waals surface area (Å²) >= 11 is 0. The Kier molecular flexibility index (Phi) is 3.73. The van der Waals surface area contributed by atoms with Crippen molar-refractivity contribution >= 4 is 5.69 Å². The van der Waals surface area contributed by atoms with Crippen LogP contribution < -0.4 is 5.32 Å². The number of hydrogen-bond donors (Lipinski definition) is 1. The summed E-state index contributed by atoms with van der Waals surface area (Å²) in [6.45, 7) is 0.899. The Hall–Kier alpha value is -2.62. The van der Waals surface area contributed by atoms with Crippen LogP contribution in [0, 0.1) is 0 Å². The molecule has 0 saturated carbocycles. The van der Waals surface area contributed by atoms with Crippen molar-refractivity contribution in [2.45, 2.75) is 6.42 Å². The number of nitrogens with zero attached hydrogens (tertiary/aromatic N) is 3. The molecule has 4 heteroatoms. The molecule has 100 valence electrons. The van der Waals surface area contributed by atoms with Crippen LogP contribution >= 0.6 is 0 Å². The Morgan fingerprint density at radius 1 is 1.05 bits per heavy atom.